The van der Waals surface area contributed by atoms with E-state index in [9.17, 15) is 0 Å². The van der Waals surface area contributed by atoms with Gasteiger partial charge < -0.3 is 8.85 Å². The Labute approximate surface area is 169 Å². The van der Waals surface area contributed by atoms with Crippen LogP contribution in [0.15, 0.2) is 54.6 Å². The molecule has 4 aromatic rings. The zero-order chi connectivity index (χ0) is 19.6. The minimum absolute atomic E-state index is 1.08. The fourth-order valence-corrected chi connectivity index (χ4v) is 5.88. The van der Waals surface area contributed by atoms with E-state index in [4.69, 9.17) is 8.85 Å². The molecule has 0 N–H and O–H groups in total. The van der Waals surface area contributed by atoms with Gasteiger partial charge in [-0.25, -0.2) is 0 Å². The van der Waals surface area contributed by atoms with E-state index in [1.165, 1.54) is 63.6 Å². The molecule has 2 nitrogen and oxygen atoms in total. The Morgan fingerprint density at radius 2 is 1.29 bits per heavy atom. The molecular formula is C25H30O2Si. The highest BCUT2D eigenvalue weighted by molar-refractivity contribution is 6.65. The van der Waals surface area contributed by atoms with Crippen LogP contribution < -0.4 is 0 Å². The number of rotatable bonds is 9. The van der Waals surface area contributed by atoms with Gasteiger partial charge in [0.05, 0.1) is 0 Å². The maximum Gasteiger partial charge on any atom is 0.334 e. The first-order valence-electron chi connectivity index (χ1n) is 10.4. The van der Waals surface area contributed by atoms with E-state index in [1.807, 2.05) is 0 Å². The topological polar surface area (TPSA) is 18.5 Å². The molecule has 0 unspecified atom stereocenters. The molecule has 0 radical (unpaired) electrons. The molecule has 0 heterocycles. The molecule has 0 saturated heterocycles. The van der Waals surface area contributed by atoms with E-state index in [1.54, 1.807) is 14.2 Å². The Hall–Kier alpha value is -1.94. The van der Waals surface area contributed by atoms with Crippen molar-refractivity contribution in [3.05, 3.63) is 60.2 Å². The average Bonchev–Trinajstić information content (AvgIpc) is 2.75. The summed E-state index contributed by atoms with van der Waals surface area (Å²) < 4.78 is 11.2. The normalized spacial score (nSPS) is 12.5. The van der Waals surface area contributed by atoms with Crippen LogP contribution in [0.4, 0.5) is 0 Å². The summed E-state index contributed by atoms with van der Waals surface area (Å²) in [5.74, 6) is 0. The van der Waals surface area contributed by atoms with Gasteiger partial charge >= 0.3 is 8.56 Å². The van der Waals surface area contributed by atoms with Gasteiger partial charge in [0.15, 0.2) is 0 Å². The predicted octanol–water partition coefficient (Wildman–Crippen LogP) is 7.05. The van der Waals surface area contributed by atoms with E-state index in [0.29, 0.717) is 0 Å². The Morgan fingerprint density at radius 1 is 0.679 bits per heavy atom. The van der Waals surface area contributed by atoms with Gasteiger partial charge in [0.2, 0.25) is 0 Å². The van der Waals surface area contributed by atoms with Gasteiger partial charge in [0, 0.05) is 14.2 Å². The molecule has 0 aromatic heterocycles. The lowest BCUT2D eigenvalue weighted by molar-refractivity contribution is 0.248. The third-order valence-electron chi connectivity index (χ3n) is 6.31. The molecule has 0 spiro atoms. The molecule has 0 fully saturated rings. The zero-order valence-electron chi connectivity index (χ0n) is 17.3. The smallest absolute Gasteiger partial charge is 0.334 e. The van der Waals surface area contributed by atoms with E-state index in [0.717, 1.165) is 12.5 Å². The molecule has 0 bridgehead atoms. The van der Waals surface area contributed by atoms with Gasteiger partial charge in [-0.15, -0.1) is 0 Å². The predicted molar refractivity (Wildman–Crippen MR) is 123 cm³/mol. The SMILES string of the molecule is CO[Si](C)(CCCCCCc1ccc2ccc3cccc4ccc1c2c34)OC. The average molecular weight is 391 g/mol. The van der Waals surface area contributed by atoms with Gasteiger partial charge in [-0.3, -0.25) is 0 Å². The van der Waals surface area contributed by atoms with Crippen LogP contribution in [0, 0.1) is 0 Å². The Bertz CT molecular complexity index is 1050. The molecule has 3 heteroatoms. The van der Waals surface area contributed by atoms with Gasteiger partial charge in [-0.2, -0.15) is 0 Å². The number of benzene rings is 4. The molecule has 4 rings (SSSR count). The number of unbranched alkanes of at least 4 members (excludes halogenated alkanes) is 3. The summed E-state index contributed by atoms with van der Waals surface area (Å²) in [6.07, 6.45) is 6.10. The number of hydrogen-bond donors (Lipinski definition) is 0. The van der Waals surface area contributed by atoms with Crippen molar-refractivity contribution in [3.8, 4) is 0 Å². The lowest BCUT2D eigenvalue weighted by atomic mass is 9.90. The molecule has 28 heavy (non-hydrogen) atoms. The number of hydrogen-bond acceptors (Lipinski definition) is 2. The van der Waals surface area contributed by atoms with Crippen molar-refractivity contribution in [3.63, 3.8) is 0 Å². The molecule has 0 saturated carbocycles. The van der Waals surface area contributed by atoms with Gasteiger partial charge in [-0.05, 0) is 63.3 Å². The zero-order valence-corrected chi connectivity index (χ0v) is 18.3. The largest absolute Gasteiger partial charge is 0.398 e. The van der Waals surface area contributed by atoms with Crippen LogP contribution in [0.3, 0.4) is 0 Å². The van der Waals surface area contributed by atoms with Crippen LogP contribution in [0.1, 0.15) is 31.2 Å². The van der Waals surface area contributed by atoms with E-state index in [-0.39, 0.29) is 0 Å². The molecule has 0 aliphatic rings. The first-order chi connectivity index (χ1) is 13.6. The highest BCUT2D eigenvalue weighted by atomic mass is 28.4. The van der Waals surface area contributed by atoms with E-state index in [2.05, 4.69) is 61.1 Å². The summed E-state index contributed by atoms with van der Waals surface area (Å²) in [5.41, 5.74) is 1.48. The summed E-state index contributed by atoms with van der Waals surface area (Å²) in [4.78, 5) is 0. The Kier molecular flexibility index (Phi) is 5.67. The van der Waals surface area contributed by atoms with Crippen molar-refractivity contribution in [1.29, 1.82) is 0 Å². The molecular weight excluding hydrogens is 360 g/mol. The summed E-state index contributed by atoms with van der Waals surface area (Å²) in [6, 6.07) is 21.5. The Balaban J connectivity index is 1.46. The quantitative estimate of drug-likeness (QED) is 0.173. The standard InChI is InChI=1S/C25H30O2Si/c1-26-28(3,27-2)18-7-5-4-6-9-19-12-13-22-15-14-20-10-8-11-21-16-17-23(19)25(22)24(20)21/h8,10-17H,4-7,9,18H2,1-3H3. The number of aryl methyl sites for hydroxylation is 1. The minimum atomic E-state index is -1.90. The minimum Gasteiger partial charge on any atom is -0.398 e. The third kappa shape index (κ3) is 3.67. The van der Waals surface area contributed by atoms with Crippen LogP contribution >= 0.6 is 0 Å². The Morgan fingerprint density at radius 3 is 2.00 bits per heavy atom. The highest BCUT2D eigenvalue weighted by Crippen LogP contribution is 2.36. The maximum absolute atomic E-state index is 5.58. The van der Waals surface area contributed by atoms with E-state index >= 15 is 0 Å². The molecule has 0 amide bonds. The van der Waals surface area contributed by atoms with Crippen molar-refractivity contribution < 1.29 is 8.85 Å². The van der Waals surface area contributed by atoms with Gasteiger partial charge in [-0.1, -0.05) is 73.9 Å². The molecule has 146 valence electrons. The van der Waals surface area contributed by atoms with E-state index < -0.39 is 8.56 Å². The van der Waals surface area contributed by atoms with Gasteiger partial charge in [0.25, 0.3) is 0 Å². The van der Waals surface area contributed by atoms with Crippen molar-refractivity contribution >= 4 is 40.9 Å². The second-order valence-corrected chi connectivity index (χ2v) is 11.6. The second-order valence-electron chi connectivity index (χ2n) is 8.04. The summed E-state index contributed by atoms with van der Waals surface area (Å²) in [5, 5.41) is 8.33. The molecule has 0 aliphatic heterocycles. The van der Waals surface area contributed by atoms with Crippen LogP contribution in [-0.2, 0) is 15.3 Å². The van der Waals surface area contributed by atoms with Gasteiger partial charge in [0.1, 0.15) is 0 Å². The third-order valence-corrected chi connectivity index (χ3v) is 9.30. The fourth-order valence-electron chi connectivity index (χ4n) is 4.42. The van der Waals surface area contributed by atoms with Crippen LogP contribution in [0.5, 0.6) is 0 Å². The van der Waals surface area contributed by atoms with Crippen LogP contribution in [-0.4, -0.2) is 22.8 Å². The second kappa shape index (κ2) is 8.20. The van der Waals surface area contributed by atoms with Crippen molar-refractivity contribution in [2.75, 3.05) is 14.2 Å². The first-order valence-corrected chi connectivity index (χ1v) is 12.9. The molecule has 0 aliphatic carbocycles. The van der Waals surface area contributed by atoms with Crippen molar-refractivity contribution in [1.82, 2.24) is 0 Å². The fraction of sp³-hybridized carbons (Fsp3) is 0.360. The van der Waals surface area contributed by atoms with Crippen molar-refractivity contribution in [2.24, 2.45) is 0 Å². The highest BCUT2D eigenvalue weighted by Gasteiger charge is 2.27. The van der Waals surface area contributed by atoms with Crippen LogP contribution in [0.2, 0.25) is 12.6 Å². The molecule has 4 aromatic carbocycles. The van der Waals surface area contributed by atoms with Crippen LogP contribution in [0.25, 0.3) is 32.3 Å². The lowest BCUT2D eigenvalue weighted by Gasteiger charge is -2.22. The first kappa shape index (κ1) is 19.4. The molecule has 0 atom stereocenters. The maximum atomic E-state index is 5.58. The lowest BCUT2D eigenvalue weighted by Crippen LogP contribution is -2.35. The monoisotopic (exact) mass is 390 g/mol. The summed E-state index contributed by atoms with van der Waals surface area (Å²) in [6.45, 7) is 2.15. The summed E-state index contributed by atoms with van der Waals surface area (Å²) >= 11 is 0. The summed E-state index contributed by atoms with van der Waals surface area (Å²) in [7, 11) is 1.67. The van der Waals surface area contributed by atoms with Crippen molar-refractivity contribution in [2.45, 2.75) is 44.7 Å².